The van der Waals surface area contributed by atoms with Crippen LogP contribution in [0.15, 0.2) is 12.1 Å². The molecule has 1 atom stereocenters. The molecule has 0 aliphatic rings. The molecule has 1 aromatic carbocycles. The Morgan fingerprint density at radius 1 is 1.18 bits per heavy atom. The van der Waals surface area contributed by atoms with Gasteiger partial charge in [-0.3, -0.25) is 4.79 Å². The lowest BCUT2D eigenvalue weighted by Gasteiger charge is -2.29. The van der Waals surface area contributed by atoms with Crippen LogP contribution in [0.1, 0.15) is 42.1 Å². The number of aryl methyl sites for hydroxylation is 3. The normalized spacial score (nSPS) is 13.5. The van der Waals surface area contributed by atoms with Gasteiger partial charge < -0.3 is 10.8 Å². The number of carbonyl (C=O) groups is 1. The second-order valence-electron chi connectivity index (χ2n) is 5.30. The zero-order valence-electron chi connectivity index (χ0n) is 11.2. The minimum absolute atomic E-state index is 0.501. The topological polar surface area (TPSA) is 63.3 Å². The molecule has 1 unspecified atom stereocenters. The third-order valence-corrected chi connectivity index (χ3v) is 3.55. The van der Waals surface area contributed by atoms with E-state index >= 15 is 0 Å². The van der Waals surface area contributed by atoms with Crippen molar-refractivity contribution in [1.82, 2.24) is 0 Å². The van der Waals surface area contributed by atoms with E-state index in [0.717, 1.165) is 16.7 Å². The van der Waals surface area contributed by atoms with E-state index in [1.165, 1.54) is 5.56 Å². The van der Waals surface area contributed by atoms with E-state index in [1.807, 2.05) is 26.8 Å². The molecule has 17 heavy (non-hydrogen) atoms. The van der Waals surface area contributed by atoms with Gasteiger partial charge in [-0.2, -0.15) is 0 Å². The van der Waals surface area contributed by atoms with Gasteiger partial charge in [0.15, 0.2) is 0 Å². The molecule has 0 aromatic heterocycles. The quantitative estimate of drug-likeness (QED) is 0.846. The van der Waals surface area contributed by atoms with Gasteiger partial charge >= 0.3 is 5.97 Å². The highest BCUT2D eigenvalue weighted by atomic mass is 16.4. The van der Waals surface area contributed by atoms with Crippen molar-refractivity contribution >= 4 is 5.97 Å². The smallest absolute Gasteiger partial charge is 0.311 e. The van der Waals surface area contributed by atoms with E-state index in [2.05, 4.69) is 6.07 Å². The predicted octanol–water partition coefficient (Wildman–Crippen LogP) is 2.72. The van der Waals surface area contributed by atoms with Gasteiger partial charge in [-0.25, -0.2) is 0 Å². The number of carboxylic acid groups (broad SMARTS) is 1. The van der Waals surface area contributed by atoms with Gasteiger partial charge in [-0.15, -0.1) is 0 Å². The zero-order valence-corrected chi connectivity index (χ0v) is 11.2. The molecule has 0 amide bonds. The summed E-state index contributed by atoms with van der Waals surface area (Å²) in [5.41, 5.74) is 9.46. The number of carboxylic acids is 1. The van der Waals surface area contributed by atoms with E-state index in [-0.39, 0.29) is 0 Å². The summed E-state index contributed by atoms with van der Waals surface area (Å²) in [7, 11) is 0. The summed E-state index contributed by atoms with van der Waals surface area (Å²) in [4.78, 5) is 11.2. The maximum atomic E-state index is 11.2. The molecule has 0 saturated heterocycles. The maximum absolute atomic E-state index is 11.2. The van der Waals surface area contributed by atoms with Crippen molar-refractivity contribution in [1.29, 1.82) is 0 Å². The summed E-state index contributed by atoms with van der Waals surface area (Å²) in [5, 5.41) is 9.21. The Bertz CT molecular complexity index is 450. The Morgan fingerprint density at radius 2 is 1.65 bits per heavy atom. The second kappa shape index (κ2) is 4.49. The van der Waals surface area contributed by atoms with Crippen LogP contribution in [-0.4, -0.2) is 11.1 Å². The first-order chi connectivity index (χ1) is 7.67. The average molecular weight is 235 g/mol. The molecule has 0 heterocycles. The minimum Gasteiger partial charge on any atom is -0.481 e. The highest BCUT2D eigenvalue weighted by Gasteiger charge is 2.36. The lowest BCUT2D eigenvalue weighted by atomic mass is 9.79. The Morgan fingerprint density at radius 3 is 2.12 bits per heavy atom. The fraction of sp³-hybridized carbons (Fsp3) is 0.500. The standard InChI is InChI=1S/C14H21NO2/c1-8-6-10(3)11(7-9(8)2)12(15)14(4,5)13(16)17/h6-7,12H,15H2,1-5H3,(H,16,17). The summed E-state index contributed by atoms with van der Waals surface area (Å²) in [6.45, 7) is 9.35. The Kier molecular flexibility index (Phi) is 3.62. The van der Waals surface area contributed by atoms with Gasteiger partial charge in [0.25, 0.3) is 0 Å². The number of nitrogens with two attached hydrogens (primary N) is 1. The van der Waals surface area contributed by atoms with Crippen molar-refractivity contribution in [2.45, 2.75) is 40.7 Å². The first-order valence-electron chi connectivity index (χ1n) is 5.74. The summed E-state index contributed by atoms with van der Waals surface area (Å²) in [6.07, 6.45) is 0. The maximum Gasteiger partial charge on any atom is 0.311 e. The van der Waals surface area contributed by atoms with Crippen LogP contribution in [0, 0.1) is 26.2 Å². The van der Waals surface area contributed by atoms with Gasteiger partial charge in [0, 0.05) is 6.04 Å². The number of aliphatic carboxylic acids is 1. The Labute approximate surface area is 103 Å². The van der Waals surface area contributed by atoms with Crippen LogP contribution in [0.4, 0.5) is 0 Å². The summed E-state index contributed by atoms with van der Waals surface area (Å²) in [6, 6.07) is 3.56. The largest absolute Gasteiger partial charge is 0.481 e. The van der Waals surface area contributed by atoms with Crippen molar-refractivity contribution in [3.05, 3.63) is 34.4 Å². The monoisotopic (exact) mass is 235 g/mol. The molecule has 0 fully saturated rings. The Hall–Kier alpha value is -1.35. The van der Waals surface area contributed by atoms with E-state index in [1.54, 1.807) is 13.8 Å². The average Bonchev–Trinajstić information content (AvgIpc) is 2.22. The molecule has 3 heteroatoms. The van der Waals surface area contributed by atoms with E-state index in [0.29, 0.717) is 0 Å². The van der Waals surface area contributed by atoms with Crippen molar-refractivity contribution in [3.8, 4) is 0 Å². The molecule has 1 rings (SSSR count). The van der Waals surface area contributed by atoms with Crippen LogP contribution in [0.25, 0.3) is 0 Å². The molecule has 0 aliphatic carbocycles. The van der Waals surface area contributed by atoms with Crippen molar-refractivity contribution in [3.63, 3.8) is 0 Å². The van der Waals surface area contributed by atoms with Crippen LogP contribution >= 0.6 is 0 Å². The summed E-state index contributed by atoms with van der Waals surface area (Å²) < 4.78 is 0. The first-order valence-corrected chi connectivity index (χ1v) is 5.74. The van der Waals surface area contributed by atoms with Gasteiger partial charge in [0.2, 0.25) is 0 Å². The first kappa shape index (κ1) is 13.7. The summed E-state index contributed by atoms with van der Waals surface area (Å²) in [5.74, 6) is -0.873. The third-order valence-electron chi connectivity index (χ3n) is 3.55. The molecule has 3 nitrogen and oxygen atoms in total. The van der Waals surface area contributed by atoms with Crippen LogP contribution < -0.4 is 5.73 Å². The molecule has 0 spiro atoms. The van der Waals surface area contributed by atoms with Crippen molar-refractivity contribution < 1.29 is 9.90 Å². The molecular weight excluding hydrogens is 214 g/mol. The molecule has 0 radical (unpaired) electrons. The van der Waals surface area contributed by atoms with E-state index in [9.17, 15) is 9.90 Å². The van der Waals surface area contributed by atoms with E-state index < -0.39 is 17.4 Å². The molecule has 0 aliphatic heterocycles. The van der Waals surface area contributed by atoms with Gasteiger partial charge in [0.05, 0.1) is 5.41 Å². The summed E-state index contributed by atoms with van der Waals surface area (Å²) >= 11 is 0. The van der Waals surface area contributed by atoms with Crippen molar-refractivity contribution in [2.24, 2.45) is 11.1 Å². The van der Waals surface area contributed by atoms with Gasteiger partial charge in [-0.05, 0) is 56.9 Å². The molecule has 1 aromatic rings. The zero-order chi connectivity index (χ0) is 13.4. The van der Waals surface area contributed by atoms with E-state index in [4.69, 9.17) is 5.73 Å². The Balaban J connectivity index is 3.26. The van der Waals surface area contributed by atoms with Gasteiger partial charge in [-0.1, -0.05) is 12.1 Å². The third kappa shape index (κ3) is 2.50. The SMILES string of the molecule is Cc1cc(C)c(C(N)C(C)(C)C(=O)O)cc1C. The van der Waals surface area contributed by atoms with Crippen LogP contribution in [0.2, 0.25) is 0 Å². The molecule has 0 bridgehead atoms. The van der Waals surface area contributed by atoms with Crippen LogP contribution in [0.5, 0.6) is 0 Å². The highest BCUT2D eigenvalue weighted by molar-refractivity contribution is 5.75. The van der Waals surface area contributed by atoms with Crippen LogP contribution in [-0.2, 0) is 4.79 Å². The van der Waals surface area contributed by atoms with Crippen molar-refractivity contribution in [2.75, 3.05) is 0 Å². The molecular formula is C14H21NO2. The number of hydrogen-bond acceptors (Lipinski definition) is 2. The van der Waals surface area contributed by atoms with Crippen LogP contribution in [0.3, 0.4) is 0 Å². The minimum atomic E-state index is -0.966. The number of rotatable bonds is 3. The molecule has 94 valence electrons. The number of hydrogen-bond donors (Lipinski definition) is 2. The lowest BCUT2D eigenvalue weighted by Crippen LogP contribution is -2.36. The highest BCUT2D eigenvalue weighted by Crippen LogP contribution is 2.34. The fourth-order valence-electron chi connectivity index (χ4n) is 1.84. The predicted molar refractivity (Wildman–Crippen MR) is 69.0 cm³/mol. The molecule has 0 saturated carbocycles. The fourth-order valence-corrected chi connectivity index (χ4v) is 1.84. The lowest BCUT2D eigenvalue weighted by molar-refractivity contribution is -0.148. The second-order valence-corrected chi connectivity index (χ2v) is 5.30. The number of benzene rings is 1. The molecule has 3 N–H and O–H groups in total. The van der Waals surface area contributed by atoms with Gasteiger partial charge in [0.1, 0.15) is 0 Å².